The van der Waals surface area contributed by atoms with Crippen molar-refractivity contribution >= 4 is 11.9 Å². The molecule has 0 spiro atoms. The number of amides is 1. The second-order valence-corrected chi connectivity index (χ2v) is 4.60. The molecule has 1 aromatic rings. The van der Waals surface area contributed by atoms with Crippen LogP contribution in [-0.4, -0.2) is 23.0 Å². The SMILES string of the molecule is C=CCCC[C@@H](NC(=O)Cc1ccc(F)c(F)c1)C(=O)O. The highest BCUT2D eigenvalue weighted by Crippen LogP contribution is 2.09. The normalized spacial score (nSPS) is 11.7. The van der Waals surface area contributed by atoms with Crippen LogP contribution in [0.15, 0.2) is 30.9 Å². The molecule has 0 bridgehead atoms. The molecule has 6 heteroatoms. The molecule has 0 saturated heterocycles. The number of aliphatic carboxylic acids is 1. The van der Waals surface area contributed by atoms with Crippen LogP contribution in [0.5, 0.6) is 0 Å². The first-order valence-corrected chi connectivity index (χ1v) is 6.51. The molecule has 0 unspecified atom stereocenters. The van der Waals surface area contributed by atoms with E-state index in [0.717, 1.165) is 12.1 Å². The zero-order chi connectivity index (χ0) is 15.8. The molecule has 0 heterocycles. The third kappa shape index (κ3) is 5.72. The molecular formula is C15H17F2NO3. The Balaban J connectivity index is 2.58. The van der Waals surface area contributed by atoms with Crippen LogP contribution in [0.3, 0.4) is 0 Å². The highest BCUT2D eigenvalue weighted by atomic mass is 19.2. The van der Waals surface area contributed by atoms with Gasteiger partial charge in [-0.3, -0.25) is 4.79 Å². The van der Waals surface area contributed by atoms with E-state index in [2.05, 4.69) is 11.9 Å². The van der Waals surface area contributed by atoms with Crippen LogP contribution in [-0.2, 0) is 16.0 Å². The Bertz CT molecular complexity index is 532. The molecule has 1 atom stereocenters. The van der Waals surface area contributed by atoms with Gasteiger partial charge in [-0.15, -0.1) is 6.58 Å². The highest BCUT2D eigenvalue weighted by Gasteiger charge is 2.19. The third-order valence-electron chi connectivity index (χ3n) is 2.88. The van der Waals surface area contributed by atoms with E-state index in [0.29, 0.717) is 12.8 Å². The van der Waals surface area contributed by atoms with Crippen molar-refractivity contribution in [3.63, 3.8) is 0 Å². The minimum Gasteiger partial charge on any atom is -0.480 e. The number of carboxylic acid groups (broad SMARTS) is 1. The van der Waals surface area contributed by atoms with Crippen LogP contribution in [0.4, 0.5) is 8.78 Å². The second kappa shape index (κ2) is 8.14. The van der Waals surface area contributed by atoms with E-state index in [4.69, 9.17) is 5.11 Å². The predicted octanol–water partition coefficient (Wildman–Crippen LogP) is 2.43. The molecular weight excluding hydrogens is 280 g/mol. The lowest BCUT2D eigenvalue weighted by Gasteiger charge is -2.14. The maximum atomic E-state index is 13.0. The van der Waals surface area contributed by atoms with Crippen molar-refractivity contribution in [1.29, 1.82) is 0 Å². The number of unbranched alkanes of at least 4 members (excludes halogenated alkanes) is 1. The van der Waals surface area contributed by atoms with Crippen molar-refractivity contribution in [2.45, 2.75) is 31.7 Å². The van der Waals surface area contributed by atoms with Crippen LogP contribution in [0.2, 0.25) is 0 Å². The van der Waals surface area contributed by atoms with E-state index in [1.807, 2.05) is 0 Å². The number of rotatable bonds is 8. The van der Waals surface area contributed by atoms with E-state index in [-0.39, 0.29) is 18.4 Å². The molecule has 1 amide bonds. The Morgan fingerprint density at radius 3 is 2.62 bits per heavy atom. The van der Waals surface area contributed by atoms with Gasteiger partial charge in [0.15, 0.2) is 11.6 Å². The zero-order valence-corrected chi connectivity index (χ0v) is 11.4. The van der Waals surface area contributed by atoms with E-state index in [1.54, 1.807) is 6.08 Å². The monoisotopic (exact) mass is 297 g/mol. The summed E-state index contributed by atoms with van der Waals surface area (Å²) in [5.41, 5.74) is 0.279. The van der Waals surface area contributed by atoms with E-state index in [1.165, 1.54) is 6.07 Å². The fourth-order valence-corrected chi connectivity index (χ4v) is 1.80. The Labute approximate surface area is 121 Å². The lowest BCUT2D eigenvalue weighted by Crippen LogP contribution is -2.41. The lowest BCUT2D eigenvalue weighted by molar-refractivity contribution is -0.141. The Morgan fingerprint density at radius 2 is 2.05 bits per heavy atom. The molecule has 1 aromatic carbocycles. The fraction of sp³-hybridized carbons (Fsp3) is 0.333. The third-order valence-corrected chi connectivity index (χ3v) is 2.88. The van der Waals surface area contributed by atoms with Crippen molar-refractivity contribution < 1.29 is 23.5 Å². The van der Waals surface area contributed by atoms with Crippen molar-refractivity contribution in [3.8, 4) is 0 Å². The average Bonchev–Trinajstić information content (AvgIpc) is 2.42. The summed E-state index contributed by atoms with van der Waals surface area (Å²) in [5, 5.41) is 11.4. The van der Waals surface area contributed by atoms with E-state index >= 15 is 0 Å². The highest BCUT2D eigenvalue weighted by molar-refractivity contribution is 5.84. The summed E-state index contributed by atoms with van der Waals surface area (Å²) in [6.45, 7) is 3.53. The van der Waals surface area contributed by atoms with Crippen LogP contribution in [0.25, 0.3) is 0 Å². The van der Waals surface area contributed by atoms with Gasteiger partial charge in [0.2, 0.25) is 5.91 Å². The lowest BCUT2D eigenvalue weighted by atomic mass is 10.1. The topological polar surface area (TPSA) is 66.4 Å². The summed E-state index contributed by atoms with van der Waals surface area (Å²) >= 11 is 0. The molecule has 0 radical (unpaired) electrons. The van der Waals surface area contributed by atoms with Gasteiger partial charge in [-0.2, -0.15) is 0 Å². The van der Waals surface area contributed by atoms with Gasteiger partial charge in [0.25, 0.3) is 0 Å². The fourth-order valence-electron chi connectivity index (χ4n) is 1.80. The Morgan fingerprint density at radius 1 is 1.33 bits per heavy atom. The average molecular weight is 297 g/mol. The van der Waals surface area contributed by atoms with Crippen LogP contribution in [0, 0.1) is 11.6 Å². The first-order chi connectivity index (χ1) is 9.93. The maximum Gasteiger partial charge on any atom is 0.326 e. The van der Waals surface area contributed by atoms with Crippen molar-refractivity contribution in [3.05, 3.63) is 48.1 Å². The minimum atomic E-state index is -1.13. The Kier molecular flexibility index (Phi) is 6.52. The quantitative estimate of drug-likeness (QED) is 0.572. The zero-order valence-electron chi connectivity index (χ0n) is 11.4. The Hall–Kier alpha value is -2.24. The summed E-state index contributed by atoms with van der Waals surface area (Å²) in [5.74, 6) is -3.71. The number of allylic oxidation sites excluding steroid dienone is 1. The molecule has 2 N–H and O–H groups in total. The molecule has 0 aromatic heterocycles. The second-order valence-electron chi connectivity index (χ2n) is 4.60. The van der Waals surface area contributed by atoms with E-state index < -0.39 is 29.6 Å². The number of hydrogen-bond donors (Lipinski definition) is 2. The first kappa shape index (κ1) is 16.8. The van der Waals surface area contributed by atoms with Gasteiger partial charge >= 0.3 is 5.97 Å². The van der Waals surface area contributed by atoms with Gasteiger partial charge in [0, 0.05) is 0 Å². The molecule has 4 nitrogen and oxygen atoms in total. The van der Waals surface area contributed by atoms with Gasteiger partial charge in [-0.1, -0.05) is 12.1 Å². The molecule has 1 rings (SSSR count). The number of halogens is 2. The number of carboxylic acids is 1. The van der Waals surface area contributed by atoms with Gasteiger partial charge < -0.3 is 10.4 Å². The van der Waals surface area contributed by atoms with Gasteiger partial charge in [0.05, 0.1) is 6.42 Å². The summed E-state index contributed by atoms with van der Waals surface area (Å²) < 4.78 is 25.8. The van der Waals surface area contributed by atoms with Gasteiger partial charge in [-0.25, -0.2) is 13.6 Å². The van der Waals surface area contributed by atoms with Crippen LogP contribution in [0.1, 0.15) is 24.8 Å². The smallest absolute Gasteiger partial charge is 0.326 e. The van der Waals surface area contributed by atoms with Crippen LogP contribution >= 0.6 is 0 Å². The molecule has 0 saturated carbocycles. The first-order valence-electron chi connectivity index (χ1n) is 6.51. The summed E-state index contributed by atoms with van der Waals surface area (Å²) in [6, 6.07) is 2.13. The van der Waals surface area contributed by atoms with Crippen molar-refractivity contribution in [1.82, 2.24) is 5.32 Å². The van der Waals surface area contributed by atoms with E-state index in [9.17, 15) is 18.4 Å². The van der Waals surface area contributed by atoms with Crippen LogP contribution < -0.4 is 5.32 Å². The van der Waals surface area contributed by atoms with Crippen molar-refractivity contribution in [2.24, 2.45) is 0 Å². The predicted molar refractivity (Wildman–Crippen MR) is 73.7 cm³/mol. The number of hydrogen-bond acceptors (Lipinski definition) is 2. The summed E-state index contributed by atoms with van der Waals surface area (Å²) in [6.07, 6.45) is 2.99. The van der Waals surface area contributed by atoms with Gasteiger partial charge in [0.1, 0.15) is 6.04 Å². The summed E-state index contributed by atoms with van der Waals surface area (Å²) in [7, 11) is 0. The molecule has 0 aliphatic rings. The summed E-state index contributed by atoms with van der Waals surface area (Å²) in [4.78, 5) is 22.8. The minimum absolute atomic E-state index is 0.206. The standard InChI is InChI=1S/C15H17F2NO3/c1-2-3-4-5-13(15(20)21)18-14(19)9-10-6-7-11(16)12(17)8-10/h2,6-8,13H,1,3-5,9H2,(H,18,19)(H,20,21)/t13-/m1/s1. The molecule has 0 aliphatic heterocycles. The van der Waals surface area contributed by atoms with Crippen molar-refractivity contribution in [2.75, 3.05) is 0 Å². The molecule has 114 valence electrons. The number of carbonyl (C=O) groups excluding carboxylic acids is 1. The molecule has 21 heavy (non-hydrogen) atoms. The maximum absolute atomic E-state index is 13.0. The number of benzene rings is 1. The number of carbonyl (C=O) groups is 2. The molecule has 0 fully saturated rings. The molecule has 0 aliphatic carbocycles. The number of nitrogens with one attached hydrogen (secondary N) is 1. The van der Waals surface area contributed by atoms with Gasteiger partial charge in [-0.05, 0) is 37.0 Å². The largest absolute Gasteiger partial charge is 0.480 e.